The van der Waals surface area contributed by atoms with E-state index in [0.717, 1.165) is 17.0 Å². The van der Waals surface area contributed by atoms with Gasteiger partial charge in [0.15, 0.2) is 17.1 Å². The summed E-state index contributed by atoms with van der Waals surface area (Å²) >= 11 is 1.35. The largest absolute Gasteiger partial charge is 0.483 e. The monoisotopic (exact) mass is 452 g/mol. The van der Waals surface area contributed by atoms with Crippen LogP contribution < -0.4 is 10.1 Å². The van der Waals surface area contributed by atoms with Crippen LogP contribution in [0, 0.1) is 13.8 Å². The van der Waals surface area contributed by atoms with Gasteiger partial charge in [-0.1, -0.05) is 50.7 Å². The van der Waals surface area contributed by atoms with Crippen LogP contribution in [0.15, 0.2) is 47.6 Å². The Morgan fingerprint density at radius 2 is 1.78 bits per heavy atom. The van der Waals surface area contributed by atoms with Crippen molar-refractivity contribution >= 4 is 23.4 Å². The number of carbonyl (C=O) groups is 1. The van der Waals surface area contributed by atoms with Gasteiger partial charge in [-0.15, -0.1) is 10.2 Å². The molecule has 6 nitrogen and oxygen atoms in total. The molecule has 0 saturated heterocycles. The molecule has 3 rings (SSSR count). The van der Waals surface area contributed by atoms with Gasteiger partial charge >= 0.3 is 0 Å². The molecule has 0 bridgehead atoms. The van der Waals surface area contributed by atoms with Gasteiger partial charge in [-0.05, 0) is 67.1 Å². The molecule has 2 aromatic carbocycles. The zero-order chi connectivity index (χ0) is 23.5. The lowest BCUT2D eigenvalue weighted by Gasteiger charge is -2.20. The number of rotatable bonds is 7. The van der Waals surface area contributed by atoms with Crippen LogP contribution in [0.1, 0.15) is 56.3 Å². The van der Waals surface area contributed by atoms with E-state index in [1.54, 1.807) is 0 Å². The summed E-state index contributed by atoms with van der Waals surface area (Å²) in [6.45, 7) is 12.6. The third kappa shape index (κ3) is 5.91. The first kappa shape index (κ1) is 23.9. The molecule has 0 aliphatic rings. The van der Waals surface area contributed by atoms with E-state index in [9.17, 15) is 4.79 Å². The highest BCUT2D eigenvalue weighted by molar-refractivity contribution is 7.99. The molecule has 1 atom stereocenters. The van der Waals surface area contributed by atoms with Crippen molar-refractivity contribution in [2.45, 2.75) is 58.2 Å². The Morgan fingerprint density at radius 1 is 1.09 bits per heavy atom. The molecule has 3 aromatic rings. The lowest BCUT2D eigenvalue weighted by atomic mass is 9.87. The standard InChI is InChI=1S/C25H32N4O2S/c1-16-8-11-20(14-17(16)2)26-22(30)15-32-24-28-27-23(29(24)7)18(3)31-21-12-9-19(10-13-21)25(4,5)6/h8-14,18H,15H2,1-7H3,(H,26,30). The first-order valence-corrected chi connectivity index (χ1v) is 11.7. The number of amides is 1. The fraction of sp³-hybridized carbons (Fsp3) is 0.400. The zero-order valence-corrected chi connectivity index (χ0v) is 20.7. The minimum Gasteiger partial charge on any atom is -0.483 e. The Hall–Kier alpha value is -2.80. The van der Waals surface area contributed by atoms with E-state index < -0.39 is 0 Å². The number of hydrogen-bond acceptors (Lipinski definition) is 5. The molecule has 7 heteroatoms. The second-order valence-electron chi connectivity index (χ2n) is 9.07. The van der Waals surface area contributed by atoms with Crippen molar-refractivity contribution in [3.8, 4) is 5.75 Å². The zero-order valence-electron chi connectivity index (χ0n) is 19.9. The van der Waals surface area contributed by atoms with Gasteiger partial charge in [0, 0.05) is 12.7 Å². The van der Waals surface area contributed by atoms with Gasteiger partial charge in [0.1, 0.15) is 5.75 Å². The minimum atomic E-state index is -0.272. The quantitative estimate of drug-likeness (QED) is 0.473. The highest BCUT2D eigenvalue weighted by atomic mass is 32.2. The van der Waals surface area contributed by atoms with E-state index in [4.69, 9.17) is 4.74 Å². The molecule has 0 radical (unpaired) electrons. The molecule has 1 unspecified atom stereocenters. The van der Waals surface area contributed by atoms with E-state index in [-0.39, 0.29) is 23.2 Å². The Kier molecular flexibility index (Phi) is 7.29. The Morgan fingerprint density at radius 3 is 2.41 bits per heavy atom. The van der Waals surface area contributed by atoms with Crippen LogP contribution in [0.25, 0.3) is 0 Å². The second-order valence-corrected chi connectivity index (χ2v) is 10.0. The lowest BCUT2D eigenvalue weighted by Crippen LogP contribution is -2.15. The molecule has 32 heavy (non-hydrogen) atoms. The van der Waals surface area contributed by atoms with Crippen LogP contribution in [0.4, 0.5) is 5.69 Å². The van der Waals surface area contributed by atoms with Crippen molar-refractivity contribution in [3.05, 3.63) is 65.0 Å². The molecule has 170 valence electrons. The third-order valence-electron chi connectivity index (χ3n) is 5.39. The summed E-state index contributed by atoms with van der Waals surface area (Å²) in [5, 5.41) is 12.1. The van der Waals surface area contributed by atoms with Gasteiger partial charge in [-0.3, -0.25) is 4.79 Å². The van der Waals surface area contributed by atoms with E-state index in [1.165, 1.54) is 22.9 Å². The SMILES string of the molecule is Cc1ccc(NC(=O)CSc2nnc(C(C)Oc3ccc(C(C)(C)C)cc3)n2C)cc1C. The van der Waals surface area contributed by atoms with E-state index >= 15 is 0 Å². The number of nitrogens with zero attached hydrogens (tertiary/aromatic N) is 3. The van der Waals surface area contributed by atoms with Crippen molar-refractivity contribution in [3.63, 3.8) is 0 Å². The molecule has 0 spiro atoms. The molecule has 0 aliphatic carbocycles. The van der Waals surface area contributed by atoms with Crippen molar-refractivity contribution < 1.29 is 9.53 Å². The van der Waals surface area contributed by atoms with Crippen molar-refractivity contribution in [1.82, 2.24) is 14.8 Å². The number of benzene rings is 2. The minimum absolute atomic E-state index is 0.0777. The molecule has 1 N–H and O–H groups in total. The Balaban J connectivity index is 1.58. The van der Waals surface area contributed by atoms with E-state index in [0.29, 0.717) is 11.0 Å². The molecule has 1 heterocycles. The number of thioether (sulfide) groups is 1. The third-order valence-corrected chi connectivity index (χ3v) is 6.41. The van der Waals surface area contributed by atoms with Crippen LogP contribution in [0.2, 0.25) is 0 Å². The second kappa shape index (κ2) is 9.77. The number of aryl methyl sites for hydroxylation is 2. The average molecular weight is 453 g/mol. The van der Waals surface area contributed by atoms with Crippen LogP contribution in [0.3, 0.4) is 0 Å². The first-order chi connectivity index (χ1) is 15.0. The topological polar surface area (TPSA) is 69.0 Å². The molecule has 0 aliphatic heterocycles. The molecular formula is C25H32N4O2S. The number of anilines is 1. The molecular weight excluding hydrogens is 420 g/mol. The van der Waals surface area contributed by atoms with Crippen molar-refractivity contribution in [2.75, 3.05) is 11.1 Å². The highest BCUT2D eigenvalue weighted by Gasteiger charge is 2.19. The number of aromatic nitrogens is 3. The summed E-state index contributed by atoms with van der Waals surface area (Å²) < 4.78 is 7.95. The number of carbonyl (C=O) groups excluding carboxylic acids is 1. The lowest BCUT2D eigenvalue weighted by molar-refractivity contribution is -0.113. The smallest absolute Gasteiger partial charge is 0.234 e. The summed E-state index contributed by atoms with van der Waals surface area (Å²) in [5.74, 6) is 1.67. The maximum atomic E-state index is 12.4. The maximum Gasteiger partial charge on any atom is 0.234 e. The van der Waals surface area contributed by atoms with Gasteiger partial charge in [0.2, 0.25) is 5.91 Å². The average Bonchev–Trinajstić information content (AvgIpc) is 3.09. The summed E-state index contributed by atoms with van der Waals surface area (Å²) in [7, 11) is 1.89. The summed E-state index contributed by atoms with van der Waals surface area (Å²) in [6.07, 6.45) is -0.272. The summed E-state index contributed by atoms with van der Waals surface area (Å²) in [4.78, 5) is 12.4. The van der Waals surface area contributed by atoms with Crippen molar-refractivity contribution in [2.24, 2.45) is 7.05 Å². The molecule has 1 amide bonds. The van der Waals surface area contributed by atoms with Gasteiger partial charge in [-0.25, -0.2) is 0 Å². The first-order valence-electron chi connectivity index (χ1n) is 10.7. The van der Waals surface area contributed by atoms with Crippen LogP contribution >= 0.6 is 11.8 Å². The highest BCUT2D eigenvalue weighted by Crippen LogP contribution is 2.27. The van der Waals surface area contributed by atoms with Crippen LogP contribution in [-0.4, -0.2) is 26.4 Å². The number of hydrogen-bond donors (Lipinski definition) is 1. The molecule has 0 fully saturated rings. The predicted molar refractivity (Wildman–Crippen MR) is 130 cm³/mol. The normalized spacial score (nSPS) is 12.5. The van der Waals surface area contributed by atoms with Crippen molar-refractivity contribution in [1.29, 1.82) is 0 Å². The van der Waals surface area contributed by atoms with E-state index in [2.05, 4.69) is 48.4 Å². The Bertz CT molecular complexity index is 1080. The fourth-order valence-electron chi connectivity index (χ4n) is 3.24. The van der Waals surface area contributed by atoms with Gasteiger partial charge in [0.25, 0.3) is 0 Å². The molecule has 0 saturated carbocycles. The predicted octanol–water partition coefficient (Wildman–Crippen LogP) is 5.60. The number of ether oxygens (including phenoxy) is 1. The fourth-order valence-corrected chi connectivity index (χ4v) is 3.96. The molecule has 1 aromatic heterocycles. The van der Waals surface area contributed by atoms with Gasteiger partial charge in [0.05, 0.1) is 5.75 Å². The number of nitrogens with one attached hydrogen (secondary N) is 1. The van der Waals surface area contributed by atoms with Crippen LogP contribution in [-0.2, 0) is 17.3 Å². The van der Waals surface area contributed by atoms with Gasteiger partial charge < -0.3 is 14.6 Å². The van der Waals surface area contributed by atoms with Gasteiger partial charge in [-0.2, -0.15) is 0 Å². The van der Waals surface area contributed by atoms with Crippen LogP contribution in [0.5, 0.6) is 5.75 Å². The van der Waals surface area contributed by atoms with E-state index in [1.807, 2.05) is 62.7 Å². The summed E-state index contributed by atoms with van der Waals surface area (Å²) in [5.41, 5.74) is 4.51. The summed E-state index contributed by atoms with van der Waals surface area (Å²) in [6, 6.07) is 14.1. The Labute approximate surface area is 194 Å². The maximum absolute atomic E-state index is 12.4.